The number of fused-ring (bicyclic) bond motifs is 1. The van der Waals surface area contributed by atoms with Crippen LogP contribution >= 0.6 is 11.3 Å². The summed E-state index contributed by atoms with van der Waals surface area (Å²) in [6, 6.07) is 2.00. The zero-order valence-corrected chi connectivity index (χ0v) is 6.96. The summed E-state index contributed by atoms with van der Waals surface area (Å²) in [6.07, 6.45) is -0.118. The van der Waals surface area contributed by atoms with Crippen molar-refractivity contribution in [3.63, 3.8) is 0 Å². The van der Waals surface area contributed by atoms with Crippen molar-refractivity contribution >= 4 is 11.3 Å². The van der Waals surface area contributed by atoms with Gasteiger partial charge < -0.3 is 5.32 Å². The molecule has 0 saturated carbocycles. The fraction of sp³-hybridized carbons (Fsp3) is 0.500. The normalized spacial score (nSPS) is 24.3. The molecule has 1 atom stereocenters. The molecule has 1 nitrogen and oxygen atoms in total. The molecule has 0 spiro atoms. The highest BCUT2D eigenvalue weighted by Gasteiger charge is 2.17. The second-order valence-electron chi connectivity index (χ2n) is 2.74. The fourth-order valence-corrected chi connectivity index (χ4v) is 2.29. The summed E-state index contributed by atoms with van der Waals surface area (Å²) in [7, 11) is 0. The molecule has 0 saturated heterocycles. The van der Waals surface area contributed by atoms with Gasteiger partial charge in [-0.25, -0.2) is 4.39 Å². The molecule has 1 aliphatic rings. The average molecular weight is 171 g/mol. The van der Waals surface area contributed by atoms with Crippen molar-refractivity contribution < 1.29 is 4.39 Å². The number of hydrogen-bond donors (Lipinski definition) is 1. The fourth-order valence-electron chi connectivity index (χ4n) is 1.35. The van der Waals surface area contributed by atoms with Crippen molar-refractivity contribution in [2.24, 2.45) is 0 Å². The predicted octanol–water partition coefficient (Wildman–Crippen LogP) is 2.25. The van der Waals surface area contributed by atoms with Gasteiger partial charge in [0.25, 0.3) is 0 Å². The van der Waals surface area contributed by atoms with E-state index in [2.05, 4.69) is 5.32 Å². The molecule has 11 heavy (non-hydrogen) atoms. The molecule has 1 aliphatic heterocycles. The highest BCUT2D eigenvalue weighted by molar-refractivity contribution is 7.10. The van der Waals surface area contributed by atoms with E-state index in [1.165, 1.54) is 11.3 Å². The molecule has 2 heterocycles. The van der Waals surface area contributed by atoms with E-state index in [1.807, 2.05) is 11.4 Å². The first-order valence-electron chi connectivity index (χ1n) is 3.79. The quantitative estimate of drug-likeness (QED) is 0.631. The van der Waals surface area contributed by atoms with E-state index in [4.69, 9.17) is 0 Å². The third-order valence-electron chi connectivity index (χ3n) is 1.96. The van der Waals surface area contributed by atoms with Crippen LogP contribution in [-0.2, 0) is 6.54 Å². The standard InChI is InChI=1S/C8H10FNS/c9-7-1-3-10-5-6-2-4-11-8(6)7/h2,4,7,10H,1,3,5H2. The van der Waals surface area contributed by atoms with E-state index in [0.717, 1.165) is 23.5 Å². The molecule has 2 rings (SSSR count). The van der Waals surface area contributed by atoms with Crippen LogP contribution in [0, 0.1) is 0 Å². The van der Waals surface area contributed by atoms with E-state index < -0.39 is 6.17 Å². The molecule has 0 radical (unpaired) electrons. The first-order valence-corrected chi connectivity index (χ1v) is 4.67. The number of alkyl halides is 1. The minimum absolute atomic E-state index is 0.619. The Morgan fingerprint density at radius 2 is 2.55 bits per heavy atom. The highest BCUT2D eigenvalue weighted by atomic mass is 32.1. The number of nitrogens with one attached hydrogen (secondary N) is 1. The number of rotatable bonds is 0. The molecule has 1 unspecified atom stereocenters. The van der Waals surface area contributed by atoms with Gasteiger partial charge in [0, 0.05) is 11.4 Å². The largest absolute Gasteiger partial charge is 0.313 e. The second kappa shape index (κ2) is 2.91. The molecule has 0 aromatic carbocycles. The number of hydrogen-bond acceptors (Lipinski definition) is 2. The zero-order chi connectivity index (χ0) is 7.68. The number of halogens is 1. The predicted molar refractivity (Wildman–Crippen MR) is 44.5 cm³/mol. The Morgan fingerprint density at radius 3 is 3.45 bits per heavy atom. The maximum absolute atomic E-state index is 13.2. The lowest BCUT2D eigenvalue weighted by molar-refractivity contribution is 0.331. The topological polar surface area (TPSA) is 12.0 Å². The van der Waals surface area contributed by atoms with E-state index in [-0.39, 0.29) is 0 Å². The van der Waals surface area contributed by atoms with Gasteiger partial charge >= 0.3 is 0 Å². The van der Waals surface area contributed by atoms with Crippen LogP contribution in [0.25, 0.3) is 0 Å². The van der Waals surface area contributed by atoms with Gasteiger partial charge in [-0.2, -0.15) is 0 Å². The van der Waals surface area contributed by atoms with Gasteiger partial charge in [0.2, 0.25) is 0 Å². The molecular formula is C8H10FNS. The monoisotopic (exact) mass is 171 g/mol. The number of thiophene rings is 1. The second-order valence-corrected chi connectivity index (χ2v) is 3.69. The highest BCUT2D eigenvalue weighted by Crippen LogP contribution is 2.31. The minimum atomic E-state index is -0.736. The lowest BCUT2D eigenvalue weighted by atomic mass is 10.2. The van der Waals surface area contributed by atoms with Crippen molar-refractivity contribution in [3.8, 4) is 0 Å². The molecule has 1 N–H and O–H groups in total. The van der Waals surface area contributed by atoms with Crippen LogP contribution in [0.5, 0.6) is 0 Å². The Kier molecular flexibility index (Phi) is 1.92. The van der Waals surface area contributed by atoms with Crippen LogP contribution in [0.1, 0.15) is 23.0 Å². The average Bonchev–Trinajstić information content (AvgIpc) is 2.40. The lowest BCUT2D eigenvalue weighted by Gasteiger charge is -2.01. The minimum Gasteiger partial charge on any atom is -0.313 e. The van der Waals surface area contributed by atoms with E-state index in [0.29, 0.717) is 6.42 Å². The van der Waals surface area contributed by atoms with Crippen LogP contribution < -0.4 is 5.32 Å². The van der Waals surface area contributed by atoms with Crippen LogP contribution in [0.4, 0.5) is 4.39 Å². The summed E-state index contributed by atoms with van der Waals surface area (Å²) in [6.45, 7) is 1.63. The Morgan fingerprint density at radius 1 is 1.64 bits per heavy atom. The van der Waals surface area contributed by atoms with Gasteiger partial charge in [0.1, 0.15) is 6.17 Å². The third-order valence-corrected chi connectivity index (χ3v) is 3.00. The van der Waals surface area contributed by atoms with Crippen LogP contribution in [0.15, 0.2) is 11.4 Å². The molecule has 60 valence electrons. The SMILES string of the molecule is FC1CCNCc2ccsc21. The Hall–Kier alpha value is -0.410. The Labute approximate surface area is 69.2 Å². The molecule has 0 amide bonds. The van der Waals surface area contributed by atoms with Crippen molar-refractivity contribution in [2.75, 3.05) is 6.54 Å². The van der Waals surface area contributed by atoms with Gasteiger partial charge in [0.05, 0.1) is 0 Å². The Bertz CT molecular complexity index is 246. The third kappa shape index (κ3) is 1.30. The van der Waals surface area contributed by atoms with Crippen molar-refractivity contribution in [3.05, 3.63) is 21.9 Å². The molecule has 1 aromatic rings. The molecule has 1 aromatic heterocycles. The summed E-state index contributed by atoms with van der Waals surface area (Å²) < 4.78 is 13.2. The van der Waals surface area contributed by atoms with Crippen LogP contribution in [0.3, 0.4) is 0 Å². The summed E-state index contributed by atoms with van der Waals surface area (Å²) in [5.41, 5.74) is 1.14. The molecule has 0 fully saturated rings. The maximum atomic E-state index is 13.2. The van der Waals surface area contributed by atoms with Crippen molar-refractivity contribution in [1.29, 1.82) is 0 Å². The first kappa shape index (κ1) is 7.25. The van der Waals surface area contributed by atoms with Gasteiger partial charge in [-0.15, -0.1) is 11.3 Å². The Balaban J connectivity index is 2.34. The molecule has 0 aliphatic carbocycles. The van der Waals surface area contributed by atoms with Crippen LogP contribution in [0.2, 0.25) is 0 Å². The first-order chi connectivity index (χ1) is 5.38. The molecule has 3 heteroatoms. The van der Waals surface area contributed by atoms with Crippen molar-refractivity contribution in [1.82, 2.24) is 5.32 Å². The van der Waals surface area contributed by atoms with Gasteiger partial charge in [-0.3, -0.25) is 0 Å². The lowest BCUT2D eigenvalue weighted by Crippen LogP contribution is -2.11. The zero-order valence-electron chi connectivity index (χ0n) is 6.14. The van der Waals surface area contributed by atoms with E-state index in [9.17, 15) is 4.39 Å². The van der Waals surface area contributed by atoms with Crippen molar-refractivity contribution in [2.45, 2.75) is 19.1 Å². The summed E-state index contributed by atoms with van der Waals surface area (Å²) in [4.78, 5) is 0.926. The van der Waals surface area contributed by atoms with Gasteiger partial charge in [0.15, 0.2) is 0 Å². The van der Waals surface area contributed by atoms with Gasteiger partial charge in [-0.05, 0) is 30.0 Å². The summed E-state index contributed by atoms with van der Waals surface area (Å²) >= 11 is 1.53. The van der Waals surface area contributed by atoms with E-state index in [1.54, 1.807) is 0 Å². The van der Waals surface area contributed by atoms with Crippen LogP contribution in [-0.4, -0.2) is 6.54 Å². The van der Waals surface area contributed by atoms with E-state index >= 15 is 0 Å². The van der Waals surface area contributed by atoms with Gasteiger partial charge in [-0.1, -0.05) is 0 Å². The smallest absolute Gasteiger partial charge is 0.136 e. The molecule has 0 bridgehead atoms. The summed E-state index contributed by atoms with van der Waals surface area (Å²) in [5, 5.41) is 5.15. The maximum Gasteiger partial charge on any atom is 0.136 e. The molecular weight excluding hydrogens is 161 g/mol. The summed E-state index contributed by atoms with van der Waals surface area (Å²) in [5.74, 6) is 0.